The number of rotatable bonds is 4. The van der Waals surface area contributed by atoms with Gasteiger partial charge in [-0.1, -0.05) is 119 Å². The van der Waals surface area contributed by atoms with E-state index in [1.54, 1.807) is 0 Å². The van der Waals surface area contributed by atoms with Gasteiger partial charge in [0.15, 0.2) is 0 Å². The molecule has 0 heterocycles. The van der Waals surface area contributed by atoms with Crippen molar-refractivity contribution in [1.29, 1.82) is 0 Å². The van der Waals surface area contributed by atoms with Gasteiger partial charge < -0.3 is 9.42 Å². The smallest absolute Gasteiger partial charge is 0.212 e. The average Bonchev–Trinajstić information content (AvgIpc) is 2.75. The van der Waals surface area contributed by atoms with Crippen LogP contribution in [0.25, 0.3) is 22.3 Å². The van der Waals surface area contributed by atoms with Crippen LogP contribution in [-0.2, 0) is 21.7 Å². The number of hydrogen-bond donors (Lipinski definition) is 1. The van der Waals surface area contributed by atoms with Crippen LogP contribution in [0, 0.1) is 13.8 Å². The van der Waals surface area contributed by atoms with Crippen LogP contribution in [-0.4, -0.2) is 4.89 Å². The van der Waals surface area contributed by atoms with Gasteiger partial charge in [0.25, 0.3) is 0 Å². The summed E-state index contributed by atoms with van der Waals surface area (Å²) in [7, 11) is -0.626. The Morgan fingerprint density at radius 3 is 1.36 bits per heavy atom. The van der Waals surface area contributed by atoms with Crippen LogP contribution < -0.4 is 4.52 Å². The lowest BCUT2D eigenvalue weighted by Crippen LogP contribution is -2.20. The van der Waals surface area contributed by atoms with Crippen LogP contribution in [0.3, 0.4) is 0 Å². The van der Waals surface area contributed by atoms with Crippen molar-refractivity contribution in [3.8, 4) is 28.0 Å². The summed E-state index contributed by atoms with van der Waals surface area (Å²) in [5.74, 6) is 0.721. The molecular weight excluding hydrogens is 495 g/mol. The molecule has 0 saturated heterocycles. The van der Waals surface area contributed by atoms with Gasteiger partial charge in [-0.3, -0.25) is 0 Å². The van der Waals surface area contributed by atoms with Crippen LogP contribution in [0.5, 0.6) is 5.75 Å². The Bertz CT molecular complexity index is 1350. The second-order valence-electron chi connectivity index (χ2n) is 15.3. The van der Waals surface area contributed by atoms with Crippen molar-refractivity contribution in [3.05, 3.63) is 75.8 Å². The lowest BCUT2D eigenvalue weighted by Gasteiger charge is -2.32. The van der Waals surface area contributed by atoms with Crippen molar-refractivity contribution < 1.29 is 9.42 Å². The maximum Gasteiger partial charge on any atom is 0.212 e. The second kappa shape index (κ2) is 10.7. The molecule has 0 bridgehead atoms. The predicted octanol–water partition coefficient (Wildman–Crippen LogP) is 10.7. The quantitative estimate of drug-likeness (QED) is 0.330. The van der Waals surface area contributed by atoms with Crippen LogP contribution >= 0.6 is 9.03 Å². The molecule has 0 saturated carbocycles. The Kier molecular flexibility index (Phi) is 8.59. The number of benzene rings is 3. The van der Waals surface area contributed by atoms with Gasteiger partial charge in [0.05, 0.1) is 0 Å². The van der Waals surface area contributed by atoms with Gasteiger partial charge in [0.2, 0.25) is 9.03 Å². The molecule has 0 aliphatic carbocycles. The molecule has 0 aromatic heterocycles. The SMILES string of the molecule is Cc1cc(-c2cccc(OPO)c2-c2cc(C)c(C(C)(C)C)cc2C(C)(C)C)c(C(C)(C)C)cc1C(C)(C)C. The van der Waals surface area contributed by atoms with Gasteiger partial charge in [0, 0.05) is 5.56 Å². The third-order valence-electron chi connectivity index (χ3n) is 7.70. The zero-order chi connectivity index (χ0) is 29.7. The minimum absolute atomic E-state index is 0.0350. The fourth-order valence-electron chi connectivity index (χ4n) is 5.87. The van der Waals surface area contributed by atoms with Crippen molar-refractivity contribution in [2.24, 2.45) is 0 Å². The Morgan fingerprint density at radius 2 is 0.949 bits per heavy atom. The number of hydrogen-bond acceptors (Lipinski definition) is 2. The average molecular weight is 547 g/mol. The highest BCUT2D eigenvalue weighted by atomic mass is 31.1. The molecule has 3 rings (SSSR count). The molecule has 1 atom stereocenters. The van der Waals surface area contributed by atoms with Gasteiger partial charge >= 0.3 is 0 Å². The maximum atomic E-state index is 9.95. The summed E-state index contributed by atoms with van der Waals surface area (Å²) in [6, 6.07) is 15.8. The summed E-state index contributed by atoms with van der Waals surface area (Å²) < 4.78 is 5.98. The van der Waals surface area contributed by atoms with E-state index in [0.717, 1.165) is 16.9 Å². The third-order valence-corrected chi connectivity index (χ3v) is 8.01. The van der Waals surface area contributed by atoms with E-state index in [1.807, 2.05) is 6.07 Å². The predicted molar refractivity (Wildman–Crippen MR) is 173 cm³/mol. The lowest BCUT2D eigenvalue weighted by molar-refractivity contribution is 0.515. The largest absolute Gasteiger partial charge is 0.449 e. The van der Waals surface area contributed by atoms with Crippen LogP contribution in [0.15, 0.2) is 42.5 Å². The second-order valence-corrected chi connectivity index (χ2v) is 15.7. The van der Waals surface area contributed by atoms with Gasteiger partial charge in [0.1, 0.15) is 5.75 Å². The standard InChI is InChI=1S/C36H51O2P/c1-22-18-25(29(35(9,10)11)20-27(22)33(3,4)5)24-16-15-17-31(38-39-37)32(24)26-19-23(2)28(34(6,7)8)21-30(26)36(12,13)14/h15-21,37,39H,1-14H3. The Morgan fingerprint density at radius 1 is 0.538 bits per heavy atom. The van der Waals surface area contributed by atoms with E-state index in [2.05, 4.69) is 133 Å². The summed E-state index contributed by atoms with van der Waals surface area (Å²) in [6.45, 7) is 31.9. The van der Waals surface area contributed by atoms with E-state index >= 15 is 0 Å². The van der Waals surface area contributed by atoms with E-state index in [0.29, 0.717) is 0 Å². The molecule has 0 radical (unpaired) electrons. The molecule has 1 N–H and O–H groups in total. The van der Waals surface area contributed by atoms with Crippen molar-refractivity contribution in [1.82, 2.24) is 0 Å². The van der Waals surface area contributed by atoms with E-state index < -0.39 is 9.03 Å². The van der Waals surface area contributed by atoms with Gasteiger partial charge in [-0.05, 0) is 91.6 Å². The van der Waals surface area contributed by atoms with E-state index in [4.69, 9.17) is 4.52 Å². The summed E-state index contributed by atoms with van der Waals surface area (Å²) in [6.07, 6.45) is 0. The highest BCUT2D eigenvalue weighted by Gasteiger charge is 2.30. The van der Waals surface area contributed by atoms with Gasteiger partial charge in [-0.25, -0.2) is 0 Å². The molecule has 212 valence electrons. The molecule has 0 aliphatic heterocycles. The summed E-state index contributed by atoms with van der Waals surface area (Å²) in [5, 5.41) is 0. The molecule has 0 fully saturated rings. The first kappa shape index (κ1) is 31.4. The maximum absolute atomic E-state index is 9.95. The van der Waals surface area contributed by atoms with Crippen molar-refractivity contribution in [2.45, 2.75) is 119 Å². The minimum atomic E-state index is -0.626. The Hall–Kier alpha value is -2.15. The zero-order valence-corrected chi connectivity index (χ0v) is 27.9. The highest BCUT2D eigenvalue weighted by Crippen LogP contribution is 2.49. The summed E-state index contributed by atoms with van der Waals surface area (Å²) in [4.78, 5) is 9.95. The van der Waals surface area contributed by atoms with Crippen molar-refractivity contribution in [3.63, 3.8) is 0 Å². The van der Waals surface area contributed by atoms with Crippen molar-refractivity contribution >= 4 is 9.03 Å². The first-order valence-electron chi connectivity index (χ1n) is 14.2. The molecule has 39 heavy (non-hydrogen) atoms. The highest BCUT2D eigenvalue weighted by molar-refractivity contribution is 7.25. The van der Waals surface area contributed by atoms with Gasteiger partial charge in [-0.2, -0.15) is 0 Å². The molecule has 2 nitrogen and oxygen atoms in total. The fourth-order valence-corrected chi connectivity index (χ4v) is 6.14. The molecule has 0 spiro atoms. The molecule has 0 amide bonds. The van der Waals surface area contributed by atoms with Crippen molar-refractivity contribution in [2.75, 3.05) is 0 Å². The molecular formula is C36H51O2P. The molecule has 0 aliphatic rings. The lowest BCUT2D eigenvalue weighted by atomic mass is 9.72. The summed E-state index contributed by atoms with van der Waals surface area (Å²) >= 11 is 0. The Labute approximate surface area is 240 Å². The van der Waals surface area contributed by atoms with E-state index in [-0.39, 0.29) is 21.7 Å². The van der Waals surface area contributed by atoms with Crippen LogP contribution in [0.2, 0.25) is 0 Å². The third kappa shape index (κ3) is 6.61. The van der Waals surface area contributed by atoms with Crippen LogP contribution in [0.1, 0.15) is 116 Å². The monoisotopic (exact) mass is 546 g/mol. The first-order chi connectivity index (χ1) is 17.7. The molecule has 3 aromatic rings. The molecule has 3 aromatic carbocycles. The molecule has 3 heteroatoms. The van der Waals surface area contributed by atoms with E-state index in [1.165, 1.54) is 44.5 Å². The molecule has 1 unspecified atom stereocenters. The van der Waals surface area contributed by atoms with E-state index in [9.17, 15) is 4.89 Å². The Balaban J connectivity index is 2.55. The normalized spacial score (nSPS) is 13.4. The zero-order valence-electron chi connectivity index (χ0n) is 26.9. The topological polar surface area (TPSA) is 29.5 Å². The summed E-state index contributed by atoms with van der Waals surface area (Å²) in [5.41, 5.74) is 12.5. The fraction of sp³-hybridized carbons (Fsp3) is 0.500. The number of aryl methyl sites for hydroxylation is 2. The van der Waals surface area contributed by atoms with Gasteiger partial charge in [-0.15, -0.1) is 0 Å². The minimum Gasteiger partial charge on any atom is -0.449 e. The van der Waals surface area contributed by atoms with Crippen LogP contribution in [0.4, 0.5) is 0 Å². The first-order valence-corrected chi connectivity index (χ1v) is 15.0.